The smallest absolute Gasteiger partial charge is 0.243 e. The van der Waals surface area contributed by atoms with Crippen LogP contribution in [0.5, 0.6) is 5.75 Å². The first kappa shape index (κ1) is 17.0. The quantitative estimate of drug-likeness (QED) is 0.900. The van der Waals surface area contributed by atoms with Crippen LogP contribution in [0.4, 0.5) is 0 Å². The zero-order valence-corrected chi connectivity index (χ0v) is 15.0. The van der Waals surface area contributed by atoms with Gasteiger partial charge in [0.2, 0.25) is 10.0 Å². The summed E-state index contributed by atoms with van der Waals surface area (Å²) < 4.78 is 33.1. The molecule has 1 aromatic rings. The fourth-order valence-electron chi connectivity index (χ4n) is 3.38. The first-order chi connectivity index (χ1) is 10.8. The summed E-state index contributed by atoms with van der Waals surface area (Å²) in [5, 5.41) is 0.367. The number of nitrogens with zero attached hydrogens (tertiary/aromatic N) is 1. The van der Waals surface area contributed by atoms with Gasteiger partial charge in [0.15, 0.2) is 0 Å². The molecule has 0 saturated carbocycles. The van der Waals surface area contributed by atoms with Crippen LogP contribution in [0.1, 0.15) is 32.3 Å². The van der Waals surface area contributed by atoms with Crippen LogP contribution < -0.4 is 10.5 Å². The SMILES string of the molecule is CC1Cc2cc(S(=O)(=O)N3CCCC(C(C)N)C3)cc(Cl)c2O1. The maximum absolute atomic E-state index is 13.0. The van der Waals surface area contributed by atoms with Gasteiger partial charge in [0.1, 0.15) is 11.9 Å². The molecule has 0 amide bonds. The number of hydrogen-bond donors (Lipinski definition) is 1. The van der Waals surface area contributed by atoms with Crippen molar-refractivity contribution in [3.05, 3.63) is 22.7 Å². The monoisotopic (exact) mass is 358 g/mol. The van der Waals surface area contributed by atoms with E-state index in [1.807, 2.05) is 13.8 Å². The van der Waals surface area contributed by atoms with Crippen LogP contribution in [0, 0.1) is 5.92 Å². The lowest BCUT2D eigenvalue weighted by atomic mass is 9.93. The van der Waals surface area contributed by atoms with Crippen molar-refractivity contribution in [2.75, 3.05) is 13.1 Å². The zero-order chi connectivity index (χ0) is 16.8. The van der Waals surface area contributed by atoms with E-state index in [4.69, 9.17) is 22.1 Å². The topological polar surface area (TPSA) is 72.6 Å². The predicted octanol–water partition coefficient (Wildman–Crippen LogP) is 2.41. The Morgan fingerprint density at radius 1 is 1.43 bits per heavy atom. The highest BCUT2D eigenvalue weighted by Crippen LogP contribution is 2.39. The number of hydrogen-bond acceptors (Lipinski definition) is 4. The Morgan fingerprint density at radius 3 is 2.87 bits per heavy atom. The van der Waals surface area contributed by atoms with Crippen molar-refractivity contribution >= 4 is 21.6 Å². The number of sulfonamides is 1. The molecule has 3 atom stereocenters. The summed E-state index contributed by atoms with van der Waals surface area (Å²) in [5.74, 6) is 0.817. The van der Waals surface area contributed by atoms with E-state index >= 15 is 0 Å². The van der Waals surface area contributed by atoms with E-state index in [0.29, 0.717) is 30.3 Å². The second-order valence-corrected chi connectivity index (χ2v) is 9.00. The summed E-state index contributed by atoms with van der Waals surface area (Å²) in [6.45, 7) is 4.89. The highest BCUT2D eigenvalue weighted by atomic mass is 35.5. The van der Waals surface area contributed by atoms with E-state index in [2.05, 4.69) is 0 Å². The summed E-state index contributed by atoms with van der Waals surface area (Å²) >= 11 is 6.24. The first-order valence-corrected chi connectivity index (χ1v) is 9.85. The minimum Gasteiger partial charge on any atom is -0.489 e. The average Bonchev–Trinajstić information content (AvgIpc) is 2.88. The normalized spacial score (nSPS) is 26.6. The summed E-state index contributed by atoms with van der Waals surface area (Å²) in [6.07, 6.45) is 2.52. The molecule has 1 fully saturated rings. The van der Waals surface area contributed by atoms with Gasteiger partial charge >= 0.3 is 0 Å². The van der Waals surface area contributed by atoms with Gasteiger partial charge in [0.05, 0.1) is 9.92 Å². The van der Waals surface area contributed by atoms with Crippen molar-refractivity contribution in [3.63, 3.8) is 0 Å². The number of rotatable bonds is 3. The van der Waals surface area contributed by atoms with E-state index in [-0.39, 0.29) is 23.0 Å². The Morgan fingerprint density at radius 2 is 2.17 bits per heavy atom. The summed E-state index contributed by atoms with van der Waals surface area (Å²) in [6, 6.07) is 3.20. The second-order valence-electron chi connectivity index (χ2n) is 6.65. The lowest BCUT2D eigenvalue weighted by Crippen LogP contribution is -2.44. The Labute approximate surface area is 142 Å². The van der Waals surface area contributed by atoms with Gasteiger partial charge in [-0.2, -0.15) is 4.31 Å². The number of ether oxygens (including phenoxy) is 1. The molecule has 7 heteroatoms. The Bertz CT molecular complexity index is 706. The molecule has 0 radical (unpaired) electrons. The minimum atomic E-state index is -3.55. The molecule has 1 saturated heterocycles. The van der Waals surface area contributed by atoms with Gasteiger partial charge in [-0.15, -0.1) is 0 Å². The third-order valence-corrected chi connectivity index (χ3v) is 6.85. The Balaban J connectivity index is 1.91. The molecule has 1 aromatic carbocycles. The molecule has 2 aliphatic heterocycles. The number of piperidine rings is 1. The van der Waals surface area contributed by atoms with Gasteiger partial charge in [-0.05, 0) is 44.7 Å². The Hall–Kier alpha value is -0.820. The molecule has 2 heterocycles. The second kappa shape index (κ2) is 6.24. The third-order valence-electron chi connectivity index (χ3n) is 4.72. The van der Waals surface area contributed by atoms with Crippen molar-refractivity contribution in [3.8, 4) is 5.75 Å². The van der Waals surface area contributed by atoms with Crippen LogP contribution in [0.25, 0.3) is 0 Å². The Kier molecular flexibility index (Phi) is 4.62. The molecule has 2 N–H and O–H groups in total. The van der Waals surface area contributed by atoms with Gasteiger partial charge in [0.25, 0.3) is 0 Å². The third kappa shape index (κ3) is 3.22. The summed E-state index contributed by atoms with van der Waals surface area (Å²) in [7, 11) is -3.55. The van der Waals surface area contributed by atoms with Gasteiger partial charge in [0, 0.05) is 31.1 Å². The molecule has 23 heavy (non-hydrogen) atoms. The molecule has 3 rings (SSSR count). The van der Waals surface area contributed by atoms with E-state index in [9.17, 15) is 8.42 Å². The van der Waals surface area contributed by atoms with Crippen molar-refractivity contribution in [2.45, 2.75) is 50.2 Å². The van der Waals surface area contributed by atoms with Crippen molar-refractivity contribution in [1.82, 2.24) is 4.31 Å². The molecule has 2 aliphatic rings. The standard InChI is InChI=1S/C16H23ClN2O3S/c1-10-6-13-7-14(8-15(17)16(13)22-10)23(20,21)19-5-3-4-12(9-19)11(2)18/h7-8,10-12H,3-6,9,18H2,1-2H3. The van der Waals surface area contributed by atoms with Crippen LogP contribution >= 0.6 is 11.6 Å². The first-order valence-electron chi connectivity index (χ1n) is 8.04. The molecule has 128 valence electrons. The van der Waals surface area contributed by atoms with Gasteiger partial charge in [-0.25, -0.2) is 8.42 Å². The molecule has 3 unspecified atom stereocenters. The molecule has 0 bridgehead atoms. The lowest BCUT2D eigenvalue weighted by molar-refractivity contribution is 0.243. The molecule has 5 nitrogen and oxygen atoms in total. The van der Waals surface area contributed by atoms with Gasteiger partial charge in [-0.3, -0.25) is 0 Å². The van der Waals surface area contributed by atoms with Crippen LogP contribution in [0.3, 0.4) is 0 Å². The highest BCUT2D eigenvalue weighted by Gasteiger charge is 2.33. The molecular weight excluding hydrogens is 336 g/mol. The maximum atomic E-state index is 13.0. The van der Waals surface area contributed by atoms with Crippen LogP contribution in [0.2, 0.25) is 5.02 Å². The number of nitrogens with two attached hydrogens (primary N) is 1. The summed E-state index contributed by atoms with van der Waals surface area (Å²) in [5.41, 5.74) is 6.83. The van der Waals surface area contributed by atoms with Gasteiger partial charge in [-0.1, -0.05) is 11.6 Å². The molecular formula is C16H23ClN2O3S. The van der Waals surface area contributed by atoms with Gasteiger partial charge < -0.3 is 10.5 Å². The van der Waals surface area contributed by atoms with Crippen LogP contribution in [-0.2, 0) is 16.4 Å². The molecule has 0 aliphatic carbocycles. The zero-order valence-electron chi connectivity index (χ0n) is 13.5. The number of benzene rings is 1. The maximum Gasteiger partial charge on any atom is 0.243 e. The highest BCUT2D eigenvalue weighted by molar-refractivity contribution is 7.89. The number of fused-ring (bicyclic) bond motifs is 1. The van der Waals surface area contributed by atoms with Crippen molar-refractivity contribution in [1.29, 1.82) is 0 Å². The van der Waals surface area contributed by atoms with Crippen LogP contribution in [-0.4, -0.2) is 38.0 Å². The molecule has 0 aromatic heterocycles. The molecule has 0 spiro atoms. The van der Waals surface area contributed by atoms with E-state index in [1.54, 1.807) is 10.4 Å². The van der Waals surface area contributed by atoms with Crippen molar-refractivity contribution < 1.29 is 13.2 Å². The van der Waals surface area contributed by atoms with Crippen molar-refractivity contribution in [2.24, 2.45) is 11.7 Å². The predicted molar refractivity (Wildman–Crippen MR) is 90.4 cm³/mol. The van der Waals surface area contributed by atoms with E-state index in [0.717, 1.165) is 18.4 Å². The number of halogens is 1. The largest absolute Gasteiger partial charge is 0.489 e. The fraction of sp³-hybridized carbons (Fsp3) is 0.625. The summed E-state index contributed by atoms with van der Waals surface area (Å²) in [4.78, 5) is 0.254. The van der Waals surface area contributed by atoms with E-state index in [1.165, 1.54) is 6.07 Å². The van der Waals surface area contributed by atoms with Crippen LogP contribution in [0.15, 0.2) is 17.0 Å². The minimum absolute atomic E-state index is 0.00846. The lowest BCUT2D eigenvalue weighted by Gasteiger charge is -2.33. The van der Waals surface area contributed by atoms with E-state index < -0.39 is 10.0 Å². The fourth-order valence-corrected chi connectivity index (χ4v) is 5.34. The average molecular weight is 359 g/mol.